The van der Waals surface area contributed by atoms with Crippen LogP contribution in [0.25, 0.3) is 5.65 Å². The highest BCUT2D eigenvalue weighted by atomic mass is 16.5. The Bertz CT molecular complexity index is 1160. The minimum Gasteiger partial charge on any atom is -0.497 e. The summed E-state index contributed by atoms with van der Waals surface area (Å²) >= 11 is 0. The van der Waals surface area contributed by atoms with Crippen molar-refractivity contribution in [2.75, 3.05) is 19.5 Å². The topological polar surface area (TPSA) is 74.1 Å². The van der Waals surface area contributed by atoms with Gasteiger partial charge in [-0.05, 0) is 48.4 Å². The SMILES string of the molecule is COc1cc(CCC(=O)Nc2cccc(OCc3cn4ccccc4n3)c2)cc(OC)c1. The fourth-order valence-electron chi connectivity index (χ4n) is 3.37. The van der Waals surface area contributed by atoms with Crippen LogP contribution in [0.5, 0.6) is 17.2 Å². The number of fused-ring (bicyclic) bond motifs is 1. The Labute approximate surface area is 186 Å². The zero-order valence-electron chi connectivity index (χ0n) is 18.1. The molecule has 0 spiro atoms. The number of aryl methyl sites for hydroxylation is 1. The Morgan fingerprint density at radius 2 is 1.78 bits per heavy atom. The van der Waals surface area contributed by atoms with Crippen LogP contribution in [0, 0.1) is 0 Å². The lowest BCUT2D eigenvalue weighted by atomic mass is 10.1. The molecule has 1 amide bonds. The van der Waals surface area contributed by atoms with Gasteiger partial charge in [0.15, 0.2) is 0 Å². The van der Waals surface area contributed by atoms with Crippen LogP contribution in [-0.4, -0.2) is 29.5 Å². The molecule has 0 radical (unpaired) electrons. The van der Waals surface area contributed by atoms with Crippen LogP contribution in [-0.2, 0) is 17.8 Å². The molecule has 4 rings (SSSR count). The fourth-order valence-corrected chi connectivity index (χ4v) is 3.37. The van der Waals surface area contributed by atoms with E-state index in [0.717, 1.165) is 16.9 Å². The largest absolute Gasteiger partial charge is 0.497 e. The number of pyridine rings is 1. The average Bonchev–Trinajstić information content (AvgIpc) is 3.24. The quantitative estimate of drug-likeness (QED) is 0.422. The second-order valence-electron chi connectivity index (χ2n) is 7.28. The second kappa shape index (κ2) is 9.87. The molecule has 0 atom stereocenters. The molecule has 7 heteroatoms. The van der Waals surface area contributed by atoms with Crippen molar-refractivity contribution in [2.45, 2.75) is 19.4 Å². The first-order chi connectivity index (χ1) is 15.6. The van der Waals surface area contributed by atoms with Gasteiger partial charge < -0.3 is 23.9 Å². The minimum atomic E-state index is -0.0794. The van der Waals surface area contributed by atoms with Gasteiger partial charge in [0.05, 0.1) is 19.9 Å². The van der Waals surface area contributed by atoms with E-state index in [1.54, 1.807) is 20.3 Å². The number of aromatic nitrogens is 2. The summed E-state index contributed by atoms with van der Waals surface area (Å²) in [6.07, 6.45) is 4.80. The van der Waals surface area contributed by atoms with Crippen LogP contribution in [0.4, 0.5) is 5.69 Å². The first-order valence-corrected chi connectivity index (χ1v) is 10.3. The van der Waals surface area contributed by atoms with E-state index in [-0.39, 0.29) is 5.91 Å². The molecule has 4 aromatic rings. The zero-order valence-corrected chi connectivity index (χ0v) is 18.1. The maximum absolute atomic E-state index is 12.5. The molecule has 7 nitrogen and oxygen atoms in total. The highest BCUT2D eigenvalue weighted by Gasteiger charge is 2.08. The van der Waals surface area contributed by atoms with Crippen molar-refractivity contribution in [2.24, 2.45) is 0 Å². The van der Waals surface area contributed by atoms with Crippen molar-refractivity contribution in [3.63, 3.8) is 0 Å². The summed E-state index contributed by atoms with van der Waals surface area (Å²) in [4.78, 5) is 17.0. The number of ether oxygens (including phenoxy) is 3. The number of hydrogen-bond acceptors (Lipinski definition) is 5. The van der Waals surface area contributed by atoms with Gasteiger partial charge in [0.2, 0.25) is 5.91 Å². The molecule has 0 unspecified atom stereocenters. The monoisotopic (exact) mass is 431 g/mol. The summed E-state index contributed by atoms with van der Waals surface area (Å²) in [5.74, 6) is 1.99. The van der Waals surface area contributed by atoms with Gasteiger partial charge in [0, 0.05) is 36.6 Å². The van der Waals surface area contributed by atoms with E-state index in [4.69, 9.17) is 14.2 Å². The van der Waals surface area contributed by atoms with Gasteiger partial charge >= 0.3 is 0 Å². The molecule has 164 valence electrons. The first-order valence-electron chi connectivity index (χ1n) is 10.3. The van der Waals surface area contributed by atoms with Gasteiger partial charge in [0.1, 0.15) is 29.5 Å². The Balaban J connectivity index is 1.32. The number of hydrogen-bond donors (Lipinski definition) is 1. The smallest absolute Gasteiger partial charge is 0.224 e. The van der Waals surface area contributed by atoms with Gasteiger partial charge in [-0.1, -0.05) is 12.1 Å². The number of anilines is 1. The third-order valence-electron chi connectivity index (χ3n) is 4.97. The van der Waals surface area contributed by atoms with E-state index in [9.17, 15) is 4.79 Å². The number of imidazole rings is 1. The summed E-state index contributed by atoms with van der Waals surface area (Å²) in [7, 11) is 3.21. The highest BCUT2D eigenvalue weighted by Crippen LogP contribution is 2.24. The molecule has 2 aromatic carbocycles. The van der Waals surface area contributed by atoms with Crippen LogP contribution in [0.2, 0.25) is 0 Å². The van der Waals surface area contributed by atoms with E-state index >= 15 is 0 Å². The summed E-state index contributed by atoms with van der Waals surface area (Å²) in [6.45, 7) is 0.344. The Hall–Kier alpha value is -4.00. The number of benzene rings is 2. The standard InChI is InChI=1S/C25H25N3O4/c1-30-22-12-18(13-23(15-22)31-2)9-10-25(29)27-19-6-5-7-21(14-19)32-17-20-16-28-11-4-3-8-24(28)26-20/h3-8,11-16H,9-10,17H2,1-2H3,(H,27,29). The zero-order chi connectivity index (χ0) is 22.3. The second-order valence-corrected chi connectivity index (χ2v) is 7.28. The number of rotatable bonds is 9. The van der Waals surface area contributed by atoms with Gasteiger partial charge in [-0.25, -0.2) is 4.98 Å². The first kappa shape index (κ1) is 21.2. The van der Waals surface area contributed by atoms with Gasteiger partial charge in [-0.15, -0.1) is 0 Å². The average molecular weight is 431 g/mol. The van der Waals surface area contributed by atoms with E-state index in [1.165, 1.54) is 0 Å². The van der Waals surface area contributed by atoms with Gasteiger partial charge in [-0.2, -0.15) is 0 Å². The van der Waals surface area contributed by atoms with Crippen LogP contribution >= 0.6 is 0 Å². The van der Waals surface area contributed by atoms with Crippen molar-refractivity contribution in [3.8, 4) is 17.2 Å². The fraction of sp³-hybridized carbons (Fsp3) is 0.200. The number of carbonyl (C=O) groups excluding carboxylic acids is 1. The van der Waals surface area contributed by atoms with E-state index in [1.807, 2.05) is 71.4 Å². The minimum absolute atomic E-state index is 0.0794. The van der Waals surface area contributed by atoms with Crippen LogP contribution in [0.15, 0.2) is 73.1 Å². The molecule has 0 saturated heterocycles. The van der Waals surface area contributed by atoms with Gasteiger partial charge in [-0.3, -0.25) is 4.79 Å². The molecule has 32 heavy (non-hydrogen) atoms. The predicted octanol–water partition coefficient (Wildman–Crippen LogP) is 4.50. The van der Waals surface area contributed by atoms with E-state index in [2.05, 4.69) is 10.3 Å². The number of carbonyl (C=O) groups is 1. The van der Waals surface area contributed by atoms with Crippen LogP contribution in [0.3, 0.4) is 0 Å². The van der Waals surface area contributed by atoms with E-state index in [0.29, 0.717) is 42.4 Å². The maximum atomic E-state index is 12.5. The van der Waals surface area contributed by atoms with Crippen LogP contribution < -0.4 is 19.5 Å². The van der Waals surface area contributed by atoms with Crippen molar-refractivity contribution in [1.82, 2.24) is 9.38 Å². The molecular formula is C25H25N3O4. The number of methoxy groups -OCH3 is 2. The molecule has 0 saturated carbocycles. The molecule has 0 aliphatic rings. The van der Waals surface area contributed by atoms with Crippen molar-refractivity contribution < 1.29 is 19.0 Å². The summed E-state index contributed by atoms with van der Waals surface area (Å²) in [5.41, 5.74) is 3.37. The predicted molar refractivity (Wildman–Crippen MR) is 122 cm³/mol. The summed E-state index contributed by atoms with van der Waals surface area (Å²) in [5, 5.41) is 2.93. The third-order valence-corrected chi connectivity index (χ3v) is 4.97. The molecule has 0 aliphatic heterocycles. The number of nitrogens with zero attached hydrogens (tertiary/aromatic N) is 2. The normalized spacial score (nSPS) is 10.7. The molecule has 2 heterocycles. The van der Waals surface area contributed by atoms with Gasteiger partial charge in [0.25, 0.3) is 0 Å². The van der Waals surface area contributed by atoms with Crippen molar-refractivity contribution in [3.05, 3.63) is 84.3 Å². The lowest BCUT2D eigenvalue weighted by molar-refractivity contribution is -0.116. The van der Waals surface area contributed by atoms with Crippen LogP contribution in [0.1, 0.15) is 17.7 Å². The summed E-state index contributed by atoms with van der Waals surface area (Å²) in [6, 6.07) is 18.8. The number of nitrogens with one attached hydrogen (secondary N) is 1. The lowest BCUT2D eigenvalue weighted by Crippen LogP contribution is -2.12. The molecule has 0 bridgehead atoms. The molecule has 0 aliphatic carbocycles. The number of amides is 1. The Morgan fingerprint density at radius 3 is 2.53 bits per heavy atom. The maximum Gasteiger partial charge on any atom is 0.224 e. The van der Waals surface area contributed by atoms with Crippen molar-refractivity contribution in [1.29, 1.82) is 0 Å². The van der Waals surface area contributed by atoms with E-state index < -0.39 is 0 Å². The third kappa shape index (κ3) is 5.37. The molecule has 2 aromatic heterocycles. The van der Waals surface area contributed by atoms with Crippen molar-refractivity contribution >= 4 is 17.2 Å². The lowest BCUT2D eigenvalue weighted by Gasteiger charge is -2.10. The Kier molecular flexibility index (Phi) is 6.55. The Morgan fingerprint density at radius 1 is 0.969 bits per heavy atom. The highest BCUT2D eigenvalue weighted by molar-refractivity contribution is 5.91. The molecule has 1 N–H and O–H groups in total. The molecular weight excluding hydrogens is 406 g/mol. The molecule has 0 fully saturated rings. The summed E-state index contributed by atoms with van der Waals surface area (Å²) < 4.78 is 18.4.